The van der Waals surface area contributed by atoms with Crippen molar-refractivity contribution in [2.24, 2.45) is 0 Å². The van der Waals surface area contributed by atoms with E-state index in [1.54, 1.807) is 13.0 Å². The molecule has 2 rings (SSSR count). The molecule has 1 N–H and O–H groups in total. The first-order chi connectivity index (χ1) is 6.72. The molecule has 5 heteroatoms. The van der Waals surface area contributed by atoms with Crippen molar-refractivity contribution >= 4 is 11.0 Å². The molecule has 0 aliphatic carbocycles. The van der Waals surface area contributed by atoms with Crippen molar-refractivity contribution in [1.29, 1.82) is 0 Å². The molecule has 0 saturated carbocycles. The Morgan fingerprint density at radius 2 is 2.36 bits per heavy atom. The zero-order chi connectivity index (χ0) is 10.1. The van der Waals surface area contributed by atoms with Gasteiger partial charge in [-0.15, -0.1) is 5.10 Å². The lowest BCUT2D eigenvalue weighted by Crippen LogP contribution is -2.10. The van der Waals surface area contributed by atoms with Crippen LogP contribution in [0.25, 0.3) is 11.0 Å². The second-order valence-electron chi connectivity index (χ2n) is 3.20. The summed E-state index contributed by atoms with van der Waals surface area (Å²) in [6, 6.07) is 4.08. The van der Waals surface area contributed by atoms with Crippen LogP contribution in [-0.4, -0.2) is 26.7 Å². The second kappa shape index (κ2) is 3.34. The number of hydrogen-bond donors (Lipinski definition) is 1. The Labute approximate surface area is 80.0 Å². The molecule has 1 atom stereocenters. The number of nitrogens with zero attached hydrogens (tertiary/aromatic N) is 3. The van der Waals surface area contributed by atoms with E-state index in [0.717, 1.165) is 0 Å². The standard InChI is InChI=1S/C9H10FN3O/c1-6(5-14)13-9-4-7(10)2-3-8(9)11-12-13/h2-4,6,14H,5H2,1H3. The molecule has 0 radical (unpaired) electrons. The number of hydrogen-bond acceptors (Lipinski definition) is 3. The maximum absolute atomic E-state index is 12.9. The highest BCUT2D eigenvalue weighted by Gasteiger charge is 2.10. The van der Waals surface area contributed by atoms with Crippen LogP contribution in [0.1, 0.15) is 13.0 Å². The summed E-state index contributed by atoms with van der Waals surface area (Å²) in [6.45, 7) is 1.74. The number of aliphatic hydroxyl groups is 1. The van der Waals surface area contributed by atoms with Crippen molar-refractivity contribution in [2.45, 2.75) is 13.0 Å². The molecule has 74 valence electrons. The number of aromatic nitrogens is 3. The van der Waals surface area contributed by atoms with E-state index in [4.69, 9.17) is 5.11 Å². The zero-order valence-corrected chi connectivity index (χ0v) is 7.68. The molecule has 0 aliphatic heterocycles. The highest BCUT2D eigenvalue weighted by atomic mass is 19.1. The minimum absolute atomic E-state index is 0.0467. The molecule has 0 spiro atoms. The van der Waals surface area contributed by atoms with Gasteiger partial charge in [0.1, 0.15) is 11.3 Å². The second-order valence-corrected chi connectivity index (χ2v) is 3.20. The third-order valence-electron chi connectivity index (χ3n) is 2.11. The van der Waals surface area contributed by atoms with E-state index in [1.165, 1.54) is 16.8 Å². The van der Waals surface area contributed by atoms with Gasteiger partial charge in [0.05, 0.1) is 18.2 Å². The lowest BCUT2D eigenvalue weighted by atomic mass is 10.3. The Morgan fingerprint density at radius 1 is 1.57 bits per heavy atom. The van der Waals surface area contributed by atoms with Crippen molar-refractivity contribution in [3.05, 3.63) is 24.0 Å². The number of aliphatic hydroxyl groups excluding tert-OH is 1. The van der Waals surface area contributed by atoms with E-state index in [-0.39, 0.29) is 18.5 Å². The molecule has 0 aliphatic rings. The first-order valence-corrected chi connectivity index (χ1v) is 4.33. The van der Waals surface area contributed by atoms with E-state index < -0.39 is 0 Å². The van der Waals surface area contributed by atoms with Gasteiger partial charge in [-0.25, -0.2) is 9.07 Å². The maximum Gasteiger partial charge on any atom is 0.125 e. The number of halogens is 1. The molecule has 4 nitrogen and oxygen atoms in total. The van der Waals surface area contributed by atoms with Gasteiger partial charge in [0.25, 0.3) is 0 Å². The minimum Gasteiger partial charge on any atom is -0.394 e. The molecule has 0 amide bonds. The summed E-state index contributed by atoms with van der Waals surface area (Å²) in [6.07, 6.45) is 0. The van der Waals surface area contributed by atoms with Gasteiger partial charge in [0, 0.05) is 6.07 Å². The fourth-order valence-electron chi connectivity index (χ4n) is 1.31. The molecule has 0 saturated heterocycles. The minimum atomic E-state index is -0.328. The SMILES string of the molecule is CC(CO)n1nnc2ccc(F)cc21. The highest BCUT2D eigenvalue weighted by Crippen LogP contribution is 2.16. The third kappa shape index (κ3) is 1.35. The van der Waals surface area contributed by atoms with Crippen LogP contribution in [0.15, 0.2) is 18.2 Å². The largest absolute Gasteiger partial charge is 0.394 e. The molecule has 1 heterocycles. The average Bonchev–Trinajstić information content (AvgIpc) is 2.59. The van der Waals surface area contributed by atoms with Gasteiger partial charge in [-0.05, 0) is 19.1 Å². The normalized spacial score (nSPS) is 13.4. The summed E-state index contributed by atoms with van der Waals surface area (Å²) >= 11 is 0. The first kappa shape index (κ1) is 9.08. The highest BCUT2D eigenvalue weighted by molar-refractivity contribution is 5.74. The summed E-state index contributed by atoms with van der Waals surface area (Å²) in [4.78, 5) is 0. The van der Waals surface area contributed by atoms with Gasteiger partial charge in [-0.3, -0.25) is 0 Å². The number of benzene rings is 1. The van der Waals surface area contributed by atoms with Crippen LogP contribution in [0.3, 0.4) is 0 Å². The van der Waals surface area contributed by atoms with E-state index >= 15 is 0 Å². The summed E-state index contributed by atoms with van der Waals surface area (Å²) in [5.74, 6) is -0.328. The lowest BCUT2D eigenvalue weighted by Gasteiger charge is -2.07. The number of rotatable bonds is 2. The average molecular weight is 195 g/mol. The first-order valence-electron chi connectivity index (χ1n) is 4.33. The summed E-state index contributed by atoms with van der Waals surface area (Å²) in [5.41, 5.74) is 1.23. The molecule has 0 bridgehead atoms. The summed E-state index contributed by atoms with van der Waals surface area (Å²) in [7, 11) is 0. The van der Waals surface area contributed by atoms with E-state index in [2.05, 4.69) is 10.3 Å². The van der Waals surface area contributed by atoms with Crippen LogP contribution in [0.5, 0.6) is 0 Å². The Balaban J connectivity index is 2.61. The Morgan fingerprint density at radius 3 is 3.07 bits per heavy atom. The van der Waals surface area contributed by atoms with Gasteiger partial charge in [0.15, 0.2) is 0 Å². The number of fused-ring (bicyclic) bond motifs is 1. The van der Waals surface area contributed by atoms with Crippen molar-refractivity contribution in [3.8, 4) is 0 Å². The van der Waals surface area contributed by atoms with Crippen molar-refractivity contribution in [1.82, 2.24) is 15.0 Å². The molecule has 1 unspecified atom stereocenters. The van der Waals surface area contributed by atoms with Crippen molar-refractivity contribution < 1.29 is 9.50 Å². The topological polar surface area (TPSA) is 50.9 Å². The van der Waals surface area contributed by atoms with Crippen molar-refractivity contribution in [2.75, 3.05) is 6.61 Å². The van der Waals surface area contributed by atoms with Crippen LogP contribution in [0.2, 0.25) is 0 Å². The van der Waals surface area contributed by atoms with Crippen LogP contribution in [0.4, 0.5) is 4.39 Å². The van der Waals surface area contributed by atoms with Crippen LogP contribution >= 0.6 is 0 Å². The predicted molar refractivity (Wildman–Crippen MR) is 49.3 cm³/mol. The molecule has 1 aromatic heterocycles. The smallest absolute Gasteiger partial charge is 0.125 e. The zero-order valence-electron chi connectivity index (χ0n) is 7.68. The Kier molecular flexibility index (Phi) is 2.17. The molecule has 14 heavy (non-hydrogen) atoms. The molecule has 1 aromatic carbocycles. The lowest BCUT2D eigenvalue weighted by molar-refractivity contribution is 0.231. The quantitative estimate of drug-likeness (QED) is 0.781. The van der Waals surface area contributed by atoms with Gasteiger partial charge < -0.3 is 5.11 Å². The van der Waals surface area contributed by atoms with Crippen LogP contribution in [0, 0.1) is 5.82 Å². The van der Waals surface area contributed by atoms with Gasteiger partial charge in [-0.1, -0.05) is 5.21 Å². The Bertz CT molecular complexity index is 454. The monoisotopic (exact) mass is 195 g/mol. The van der Waals surface area contributed by atoms with Gasteiger partial charge in [0.2, 0.25) is 0 Å². The fourth-order valence-corrected chi connectivity index (χ4v) is 1.31. The summed E-state index contributed by atoms with van der Waals surface area (Å²) in [5, 5.41) is 16.7. The third-order valence-corrected chi connectivity index (χ3v) is 2.11. The van der Waals surface area contributed by atoms with Crippen molar-refractivity contribution in [3.63, 3.8) is 0 Å². The molecule has 2 aromatic rings. The fraction of sp³-hybridized carbons (Fsp3) is 0.333. The van der Waals surface area contributed by atoms with Gasteiger partial charge >= 0.3 is 0 Å². The van der Waals surface area contributed by atoms with E-state index in [9.17, 15) is 4.39 Å². The maximum atomic E-state index is 12.9. The molecular formula is C9H10FN3O. The predicted octanol–water partition coefficient (Wildman–Crippen LogP) is 1.12. The Hall–Kier alpha value is -1.49. The van der Waals surface area contributed by atoms with Crippen LogP contribution < -0.4 is 0 Å². The van der Waals surface area contributed by atoms with E-state index in [1.807, 2.05) is 0 Å². The summed E-state index contributed by atoms with van der Waals surface area (Å²) < 4.78 is 14.4. The van der Waals surface area contributed by atoms with E-state index in [0.29, 0.717) is 11.0 Å². The van der Waals surface area contributed by atoms with Gasteiger partial charge in [-0.2, -0.15) is 0 Å². The molecular weight excluding hydrogens is 185 g/mol. The van der Waals surface area contributed by atoms with Crippen LogP contribution in [-0.2, 0) is 0 Å². The molecule has 0 fully saturated rings.